The average molecular weight is 337 g/mol. The maximum Gasteiger partial charge on any atom is 0.255 e. The lowest BCUT2D eigenvalue weighted by atomic mass is 10.2. The van der Waals surface area contributed by atoms with Crippen LogP contribution < -0.4 is 5.32 Å². The van der Waals surface area contributed by atoms with Crippen molar-refractivity contribution in [3.05, 3.63) is 60.4 Å². The summed E-state index contributed by atoms with van der Waals surface area (Å²) in [4.78, 5) is 19.0. The maximum atomic E-state index is 12.6. The van der Waals surface area contributed by atoms with Crippen LogP contribution in [-0.2, 0) is 16.1 Å². The molecule has 3 heterocycles. The van der Waals surface area contributed by atoms with Crippen molar-refractivity contribution in [2.45, 2.75) is 12.6 Å². The van der Waals surface area contributed by atoms with Crippen molar-refractivity contribution in [3.8, 4) is 0 Å². The number of morpholine rings is 1. The van der Waals surface area contributed by atoms with Gasteiger partial charge in [0.05, 0.1) is 12.8 Å². The number of hydrogen-bond acceptors (Lipinski definition) is 5. The highest BCUT2D eigenvalue weighted by Crippen LogP contribution is 2.13. The number of anilines is 1. The Morgan fingerprint density at radius 2 is 2.08 bits per heavy atom. The topological polar surface area (TPSA) is 71.8 Å². The number of carbonyl (C=O) groups excluding carboxylic acids is 1. The Balaban J connectivity index is 1.42. The van der Waals surface area contributed by atoms with Crippen molar-refractivity contribution in [2.24, 2.45) is 0 Å². The zero-order valence-corrected chi connectivity index (χ0v) is 13.7. The molecule has 1 atom stereocenters. The summed E-state index contributed by atoms with van der Waals surface area (Å²) in [5.74, 6) is 0.421. The van der Waals surface area contributed by atoms with E-state index in [1.54, 1.807) is 29.0 Å². The number of carbonyl (C=O) groups is 1. The molecule has 0 saturated carbocycles. The average Bonchev–Trinajstić information content (AvgIpc) is 3.13. The van der Waals surface area contributed by atoms with Gasteiger partial charge in [-0.1, -0.05) is 30.3 Å². The Hall–Kier alpha value is -2.77. The van der Waals surface area contributed by atoms with E-state index in [0.29, 0.717) is 24.6 Å². The Morgan fingerprint density at radius 1 is 1.20 bits per heavy atom. The third kappa shape index (κ3) is 3.52. The van der Waals surface area contributed by atoms with Crippen LogP contribution in [0.4, 0.5) is 5.82 Å². The fourth-order valence-electron chi connectivity index (χ4n) is 2.98. The van der Waals surface area contributed by atoms with Gasteiger partial charge < -0.3 is 10.1 Å². The van der Waals surface area contributed by atoms with Crippen molar-refractivity contribution in [1.82, 2.24) is 19.5 Å². The van der Waals surface area contributed by atoms with Crippen molar-refractivity contribution in [1.29, 1.82) is 0 Å². The lowest BCUT2D eigenvalue weighted by Gasteiger charge is -2.32. The molecule has 0 spiro atoms. The predicted octanol–water partition coefficient (Wildman–Crippen LogP) is 1.57. The van der Waals surface area contributed by atoms with Gasteiger partial charge in [0, 0.05) is 31.9 Å². The third-order valence-electron chi connectivity index (χ3n) is 4.23. The van der Waals surface area contributed by atoms with E-state index in [2.05, 4.69) is 32.4 Å². The zero-order valence-electron chi connectivity index (χ0n) is 13.7. The third-order valence-corrected chi connectivity index (χ3v) is 4.23. The van der Waals surface area contributed by atoms with Gasteiger partial charge in [0.2, 0.25) is 0 Å². The summed E-state index contributed by atoms with van der Waals surface area (Å²) in [6, 6.07) is 13.8. The summed E-state index contributed by atoms with van der Waals surface area (Å²) in [6.07, 6.45) is 2.79. The van der Waals surface area contributed by atoms with Crippen LogP contribution in [0.3, 0.4) is 0 Å². The molecule has 4 rings (SSSR count). The molecule has 0 bridgehead atoms. The van der Waals surface area contributed by atoms with Gasteiger partial charge in [0.15, 0.2) is 5.65 Å². The molecule has 1 N–H and O–H groups in total. The van der Waals surface area contributed by atoms with Crippen LogP contribution in [0, 0.1) is 0 Å². The molecule has 7 heteroatoms. The molecule has 3 aromatic rings. The first-order valence-corrected chi connectivity index (χ1v) is 8.27. The lowest BCUT2D eigenvalue weighted by Crippen LogP contribution is -2.47. The number of aromatic nitrogens is 3. The fraction of sp³-hybridized carbons (Fsp3) is 0.278. The Kier molecular flexibility index (Phi) is 4.41. The van der Waals surface area contributed by atoms with Gasteiger partial charge in [0.1, 0.15) is 11.9 Å². The summed E-state index contributed by atoms with van der Waals surface area (Å²) in [5, 5.41) is 7.07. The second kappa shape index (κ2) is 7.00. The van der Waals surface area contributed by atoms with Crippen LogP contribution in [-0.4, -0.2) is 51.2 Å². The molecule has 2 aromatic heterocycles. The van der Waals surface area contributed by atoms with Gasteiger partial charge >= 0.3 is 0 Å². The first-order valence-electron chi connectivity index (χ1n) is 8.27. The second-order valence-corrected chi connectivity index (χ2v) is 6.00. The number of nitrogens with zero attached hydrogens (tertiary/aromatic N) is 4. The number of rotatable bonds is 4. The van der Waals surface area contributed by atoms with E-state index in [1.165, 1.54) is 5.56 Å². The van der Waals surface area contributed by atoms with E-state index >= 15 is 0 Å². The number of nitrogens with one attached hydrogen (secondary N) is 1. The molecule has 7 nitrogen and oxygen atoms in total. The Morgan fingerprint density at radius 3 is 2.96 bits per heavy atom. The van der Waals surface area contributed by atoms with Gasteiger partial charge in [-0.3, -0.25) is 9.69 Å². The van der Waals surface area contributed by atoms with E-state index in [9.17, 15) is 4.79 Å². The van der Waals surface area contributed by atoms with Gasteiger partial charge in [-0.05, 0) is 11.6 Å². The molecule has 0 unspecified atom stereocenters. The number of benzene rings is 1. The Labute approximate surface area is 145 Å². The fourth-order valence-corrected chi connectivity index (χ4v) is 2.98. The van der Waals surface area contributed by atoms with Gasteiger partial charge in [-0.15, -0.1) is 0 Å². The maximum absolute atomic E-state index is 12.6. The van der Waals surface area contributed by atoms with E-state index in [-0.39, 0.29) is 5.91 Å². The van der Waals surface area contributed by atoms with Crippen molar-refractivity contribution in [2.75, 3.05) is 25.0 Å². The molecule has 1 aliphatic heterocycles. The van der Waals surface area contributed by atoms with E-state index in [0.717, 1.165) is 13.1 Å². The number of ether oxygens (including phenoxy) is 1. The minimum absolute atomic E-state index is 0.166. The highest BCUT2D eigenvalue weighted by molar-refractivity contribution is 5.93. The molecule has 0 radical (unpaired) electrons. The van der Waals surface area contributed by atoms with E-state index in [4.69, 9.17) is 4.74 Å². The van der Waals surface area contributed by atoms with Crippen molar-refractivity contribution in [3.63, 3.8) is 0 Å². The summed E-state index contributed by atoms with van der Waals surface area (Å²) >= 11 is 0. The summed E-state index contributed by atoms with van der Waals surface area (Å²) < 4.78 is 7.27. The van der Waals surface area contributed by atoms with Crippen LogP contribution >= 0.6 is 0 Å². The molecule has 1 aromatic carbocycles. The molecule has 128 valence electrons. The van der Waals surface area contributed by atoms with E-state index in [1.807, 2.05) is 18.2 Å². The predicted molar refractivity (Wildman–Crippen MR) is 93.1 cm³/mol. The highest BCUT2D eigenvalue weighted by atomic mass is 16.5. The second-order valence-electron chi connectivity index (χ2n) is 6.00. The van der Waals surface area contributed by atoms with Crippen molar-refractivity contribution < 1.29 is 9.53 Å². The summed E-state index contributed by atoms with van der Waals surface area (Å²) in [7, 11) is 0. The molecule has 1 saturated heterocycles. The van der Waals surface area contributed by atoms with Crippen LogP contribution in [0.25, 0.3) is 5.65 Å². The summed E-state index contributed by atoms with van der Waals surface area (Å²) in [6.45, 7) is 2.73. The summed E-state index contributed by atoms with van der Waals surface area (Å²) in [5.41, 5.74) is 1.92. The molecule has 1 fully saturated rings. The quantitative estimate of drug-likeness (QED) is 0.782. The molecular weight excluding hydrogens is 318 g/mol. The van der Waals surface area contributed by atoms with Crippen LogP contribution in [0.15, 0.2) is 54.9 Å². The normalized spacial score (nSPS) is 18.3. The van der Waals surface area contributed by atoms with Crippen LogP contribution in [0.5, 0.6) is 0 Å². The van der Waals surface area contributed by atoms with Gasteiger partial charge in [-0.2, -0.15) is 9.61 Å². The van der Waals surface area contributed by atoms with Gasteiger partial charge in [-0.25, -0.2) is 4.98 Å². The van der Waals surface area contributed by atoms with Crippen LogP contribution in [0.1, 0.15) is 5.56 Å². The SMILES string of the molecule is O=C(Nc1ccnc2ccnn12)[C@@H]1CN(Cc2ccccc2)CCO1. The monoisotopic (exact) mass is 337 g/mol. The number of fused-ring (bicyclic) bond motifs is 1. The Bertz CT molecular complexity index is 864. The number of amides is 1. The highest BCUT2D eigenvalue weighted by Gasteiger charge is 2.27. The van der Waals surface area contributed by atoms with Crippen LogP contribution in [0.2, 0.25) is 0 Å². The lowest BCUT2D eigenvalue weighted by molar-refractivity contribution is -0.133. The molecule has 1 aliphatic rings. The number of hydrogen-bond donors (Lipinski definition) is 1. The van der Waals surface area contributed by atoms with E-state index < -0.39 is 6.10 Å². The largest absolute Gasteiger partial charge is 0.366 e. The standard InChI is InChI=1S/C18H19N5O2/c24-18(21-17-6-8-19-16-7-9-20-23(16)17)15-13-22(10-11-25-15)12-14-4-2-1-3-5-14/h1-9,15H,10-13H2,(H,21,24)/t15-/m0/s1. The first-order chi connectivity index (χ1) is 12.3. The minimum atomic E-state index is -0.503. The minimum Gasteiger partial charge on any atom is -0.366 e. The van der Waals surface area contributed by atoms with Gasteiger partial charge in [0.25, 0.3) is 5.91 Å². The molecule has 1 amide bonds. The molecule has 0 aliphatic carbocycles. The smallest absolute Gasteiger partial charge is 0.255 e. The molecule has 25 heavy (non-hydrogen) atoms. The van der Waals surface area contributed by atoms with Crippen molar-refractivity contribution >= 4 is 17.4 Å². The first kappa shape index (κ1) is 15.7. The zero-order chi connectivity index (χ0) is 17.1. The molecular formula is C18H19N5O2.